The predicted molar refractivity (Wildman–Crippen MR) is 125 cm³/mol. The third kappa shape index (κ3) is 4.12. The number of carbonyl (C=O) groups excluding carboxylic acids is 2. The lowest BCUT2D eigenvalue weighted by atomic mass is 9.79. The van der Waals surface area contributed by atoms with Crippen molar-refractivity contribution in [3.8, 4) is 0 Å². The molecule has 0 aromatic heterocycles. The van der Waals surface area contributed by atoms with Crippen molar-refractivity contribution in [1.82, 2.24) is 14.7 Å². The van der Waals surface area contributed by atoms with Crippen LogP contribution in [-0.4, -0.2) is 86.8 Å². The fraction of sp³-hybridized carbons (Fsp3) is 0.542. The number of rotatable bonds is 7. The highest BCUT2D eigenvalue weighted by atomic mass is 32.2. The lowest BCUT2D eigenvalue weighted by Gasteiger charge is -2.46. The summed E-state index contributed by atoms with van der Waals surface area (Å²) in [6.45, 7) is 4.18. The van der Waals surface area contributed by atoms with E-state index in [1.165, 1.54) is 27.6 Å². The van der Waals surface area contributed by atoms with Crippen LogP contribution in [-0.2, 0) is 20.9 Å². The van der Waals surface area contributed by atoms with E-state index in [4.69, 9.17) is 0 Å². The molecule has 6 atom stereocenters. The summed E-state index contributed by atoms with van der Waals surface area (Å²) in [6.07, 6.45) is -0.377. The molecule has 6 unspecified atom stereocenters. The summed E-state index contributed by atoms with van der Waals surface area (Å²) in [7, 11) is 3.36. The number of carboxylic acids is 1. The van der Waals surface area contributed by atoms with E-state index in [2.05, 4.69) is 0 Å². The molecule has 10 heteroatoms. The van der Waals surface area contributed by atoms with Crippen molar-refractivity contribution in [2.75, 3.05) is 20.6 Å². The minimum absolute atomic E-state index is 0.0209. The number of aliphatic hydroxyl groups excluding tert-OH is 1. The molecule has 8 nitrogen and oxygen atoms in total. The van der Waals surface area contributed by atoms with Gasteiger partial charge in [0.1, 0.15) is 11.5 Å². The average molecular weight is 492 g/mol. The monoisotopic (exact) mass is 491 g/mol. The van der Waals surface area contributed by atoms with Gasteiger partial charge in [-0.3, -0.25) is 14.5 Å². The van der Waals surface area contributed by atoms with Crippen LogP contribution in [0, 0.1) is 17.7 Å². The summed E-state index contributed by atoms with van der Waals surface area (Å²) in [4.78, 5) is 43.0. The van der Waals surface area contributed by atoms with Gasteiger partial charge in [0.2, 0.25) is 11.8 Å². The van der Waals surface area contributed by atoms with Crippen LogP contribution in [0.1, 0.15) is 25.8 Å². The van der Waals surface area contributed by atoms with Crippen LogP contribution in [0.5, 0.6) is 0 Å². The smallest absolute Gasteiger partial charge is 0.353 e. The molecule has 3 aliphatic heterocycles. The van der Waals surface area contributed by atoms with Gasteiger partial charge < -0.3 is 20.0 Å². The third-order valence-corrected chi connectivity index (χ3v) is 8.52. The number of carbonyl (C=O) groups is 3. The first-order chi connectivity index (χ1) is 16.0. The van der Waals surface area contributed by atoms with Crippen LogP contribution < -0.4 is 0 Å². The molecule has 2 saturated heterocycles. The Bertz CT molecular complexity index is 1050. The Hall–Kier alpha value is -2.43. The summed E-state index contributed by atoms with van der Waals surface area (Å²) in [5.74, 6) is -2.81. The minimum atomic E-state index is -1.17. The first-order valence-electron chi connectivity index (χ1n) is 11.4. The molecule has 1 aromatic rings. The van der Waals surface area contributed by atoms with Crippen molar-refractivity contribution in [2.24, 2.45) is 11.8 Å². The highest BCUT2D eigenvalue weighted by Gasteiger charge is 2.60. The second-order valence-corrected chi connectivity index (χ2v) is 10.9. The number of aliphatic carboxylic acids is 1. The molecule has 0 radical (unpaired) electrons. The number of aliphatic hydroxyl groups is 1. The molecule has 1 aromatic carbocycles. The normalized spacial score (nSPS) is 29.8. The van der Waals surface area contributed by atoms with E-state index in [0.29, 0.717) is 23.4 Å². The van der Waals surface area contributed by atoms with Crippen LogP contribution in [0.4, 0.5) is 4.39 Å². The molecule has 2 amide bonds. The van der Waals surface area contributed by atoms with Gasteiger partial charge in [0.15, 0.2) is 0 Å². The van der Waals surface area contributed by atoms with Gasteiger partial charge in [-0.1, -0.05) is 25.1 Å². The molecule has 0 bridgehead atoms. The van der Waals surface area contributed by atoms with E-state index < -0.39 is 24.0 Å². The standard InChI is InChI=1S/C24H30FN3O5S/c1-12-19-18(13(2)29)23(31)28(19)20(24(32)33)21(12)34-15-9-17(22(30)26(3)4)27(11-15)10-14-7-5-6-8-16(14)25/h5-8,12-13,15,17-19,29H,9-11H2,1-4H3,(H,32,33). The summed E-state index contributed by atoms with van der Waals surface area (Å²) < 4.78 is 14.3. The van der Waals surface area contributed by atoms with E-state index in [1.54, 1.807) is 39.2 Å². The first-order valence-corrected chi connectivity index (χ1v) is 12.2. The number of amides is 2. The lowest BCUT2D eigenvalue weighted by Crippen LogP contribution is -2.63. The highest BCUT2D eigenvalue weighted by molar-refractivity contribution is 8.03. The lowest BCUT2D eigenvalue weighted by molar-refractivity contribution is -0.163. The maximum Gasteiger partial charge on any atom is 0.353 e. The van der Waals surface area contributed by atoms with Crippen molar-refractivity contribution in [3.05, 3.63) is 46.2 Å². The molecule has 184 valence electrons. The Morgan fingerprint density at radius 1 is 1.29 bits per heavy atom. The number of carboxylic acid groups (broad SMARTS) is 1. The number of nitrogens with zero attached hydrogens (tertiary/aromatic N) is 3. The highest BCUT2D eigenvalue weighted by Crippen LogP contribution is 2.52. The molecular weight excluding hydrogens is 461 g/mol. The molecule has 2 N–H and O–H groups in total. The Labute approximate surface area is 202 Å². The quantitative estimate of drug-likeness (QED) is 0.561. The minimum Gasteiger partial charge on any atom is -0.477 e. The SMILES string of the molecule is CC(O)C1C(=O)N2C(C(=O)O)=C(SC3CC(C(=O)N(C)C)N(Cc4ccccc4F)C3)C(C)C12. The van der Waals surface area contributed by atoms with Crippen LogP contribution in [0.2, 0.25) is 0 Å². The van der Waals surface area contributed by atoms with Gasteiger partial charge in [-0.25, -0.2) is 9.18 Å². The largest absolute Gasteiger partial charge is 0.477 e. The van der Waals surface area contributed by atoms with Crippen molar-refractivity contribution in [3.63, 3.8) is 0 Å². The molecule has 4 rings (SSSR count). The second kappa shape index (κ2) is 9.31. The van der Waals surface area contributed by atoms with Crippen LogP contribution in [0.25, 0.3) is 0 Å². The number of β-lactam (4-membered cyclic amide) rings is 1. The number of likely N-dealkylation sites (tertiary alicyclic amines) is 1. The summed E-state index contributed by atoms with van der Waals surface area (Å²) >= 11 is 1.39. The molecule has 0 spiro atoms. The van der Waals surface area contributed by atoms with Crippen molar-refractivity contribution >= 4 is 29.5 Å². The third-order valence-electron chi connectivity index (χ3n) is 7.03. The van der Waals surface area contributed by atoms with Gasteiger partial charge in [0.25, 0.3) is 0 Å². The van der Waals surface area contributed by atoms with Gasteiger partial charge in [-0.2, -0.15) is 0 Å². The van der Waals surface area contributed by atoms with Crippen LogP contribution in [0.15, 0.2) is 34.9 Å². The number of benzene rings is 1. The fourth-order valence-corrected chi connectivity index (χ4v) is 6.94. The fourth-order valence-electron chi connectivity index (χ4n) is 5.38. The maximum absolute atomic E-state index is 14.3. The maximum atomic E-state index is 14.3. The molecular formula is C24H30FN3O5S. The van der Waals surface area contributed by atoms with Crippen molar-refractivity contribution in [2.45, 2.75) is 50.3 Å². The van der Waals surface area contributed by atoms with Gasteiger partial charge in [-0.05, 0) is 19.4 Å². The van der Waals surface area contributed by atoms with E-state index >= 15 is 0 Å². The first kappa shape index (κ1) is 24.7. The number of hydrogen-bond acceptors (Lipinski definition) is 6. The van der Waals surface area contributed by atoms with Gasteiger partial charge >= 0.3 is 5.97 Å². The number of likely N-dealkylation sites (N-methyl/N-ethyl adjacent to an activating group) is 1. The molecule has 0 aliphatic carbocycles. The van der Waals surface area contributed by atoms with Gasteiger partial charge in [0.05, 0.1) is 24.1 Å². The van der Waals surface area contributed by atoms with Crippen molar-refractivity contribution < 1.29 is 29.0 Å². The summed E-state index contributed by atoms with van der Waals surface area (Å²) in [5, 5.41) is 19.8. The average Bonchev–Trinajstić information content (AvgIpc) is 3.26. The van der Waals surface area contributed by atoms with E-state index in [1.807, 2.05) is 11.8 Å². The zero-order valence-corrected chi connectivity index (χ0v) is 20.5. The summed E-state index contributed by atoms with van der Waals surface area (Å²) in [6, 6.07) is 5.64. The van der Waals surface area contributed by atoms with E-state index in [-0.39, 0.29) is 47.1 Å². The number of thioether (sulfide) groups is 1. The number of fused-ring (bicyclic) bond motifs is 1. The second-order valence-electron chi connectivity index (χ2n) is 9.52. The Morgan fingerprint density at radius 3 is 2.56 bits per heavy atom. The molecule has 2 fully saturated rings. The predicted octanol–water partition coefficient (Wildman–Crippen LogP) is 1.74. The Balaban J connectivity index is 1.58. The molecule has 3 aliphatic rings. The van der Waals surface area contributed by atoms with Gasteiger partial charge in [0, 0.05) is 48.8 Å². The molecule has 34 heavy (non-hydrogen) atoms. The van der Waals surface area contributed by atoms with E-state index in [9.17, 15) is 29.0 Å². The number of hydrogen-bond donors (Lipinski definition) is 2. The van der Waals surface area contributed by atoms with Crippen molar-refractivity contribution in [1.29, 1.82) is 0 Å². The zero-order chi connectivity index (χ0) is 24.9. The zero-order valence-electron chi connectivity index (χ0n) is 19.6. The summed E-state index contributed by atoms with van der Waals surface area (Å²) in [5.41, 5.74) is 0.478. The molecule has 0 saturated carbocycles. The topological polar surface area (TPSA) is 101 Å². The van der Waals surface area contributed by atoms with Gasteiger partial charge in [-0.15, -0.1) is 11.8 Å². The Kier molecular flexibility index (Phi) is 6.76. The molecule has 3 heterocycles. The van der Waals surface area contributed by atoms with Crippen LogP contribution in [0.3, 0.4) is 0 Å². The van der Waals surface area contributed by atoms with E-state index in [0.717, 1.165) is 0 Å². The number of halogens is 1. The van der Waals surface area contributed by atoms with Crippen LogP contribution >= 0.6 is 11.8 Å². The Morgan fingerprint density at radius 2 is 1.97 bits per heavy atom.